The third-order valence-electron chi connectivity index (χ3n) is 4.69. The third-order valence-corrected chi connectivity index (χ3v) is 4.69. The van der Waals surface area contributed by atoms with Crippen LogP contribution in [0, 0.1) is 6.92 Å². The number of fused-ring (bicyclic) bond motifs is 1. The molecule has 27 heavy (non-hydrogen) atoms. The minimum atomic E-state index is -0.304. The Morgan fingerprint density at radius 1 is 1.11 bits per heavy atom. The molecule has 1 aliphatic rings. The molecular weight excluding hydrogens is 342 g/mol. The summed E-state index contributed by atoms with van der Waals surface area (Å²) in [4.78, 5) is 27.1. The van der Waals surface area contributed by atoms with Gasteiger partial charge in [-0.3, -0.25) is 9.59 Å². The van der Waals surface area contributed by atoms with Gasteiger partial charge in [-0.25, -0.2) is 0 Å². The van der Waals surface area contributed by atoms with Gasteiger partial charge in [-0.05, 0) is 56.2 Å². The van der Waals surface area contributed by atoms with E-state index < -0.39 is 0 Å². The molecule has 1 N–H and O–H groups in total. The topological polar surface area (TPSA) is 75.4 Å². The van der Waals surface area contributed by atoms with E-state index in [-0.39, 0.29) is 17.9 Å². The first-order valence-electron chi connectivity index (χ1n) is 8.79. The van der Waals surface area contributed by atoms with Crippen LogP contribution in [0.4, 0.5) is 11.5 Å². The summed E-state index contributed by atoms with van der Waals surface area (Å²) in [5, 5.41) is 6.41. The van der Waals surface area contributed by atoms with Gasteiger partial charge in [-0.15, -0.1) is 0 Å². The monoisotopic (exact) mass is 361 g/mol. The smallest absolute Gasteiger partial charge is 0.258 e. The van der Waals surface area contributed by atoms with Gasteiger partial charge in [-0.2, -0.15) is 0 Å². The molecule has 0 fully saturated rings. The first-order chi connectivity index (χ1) is 13.0. The minimum Gasteiger partial charge on any atom is -0.360 e. The molecule has 4 rings (SSSR count). The molecule has 6 nitrogen and oxygen atoms in total. The van der Waals surface area contributed by atoms with Crippen LogP contribution in [0.15, 0.2) is 59.1 Å². The molecule has 2 amide bonds. The predicted octanol–water partition coefficient (Wildman–Crippen LogP) is 3.83. The van der Waals surface area contributed by atoms with Gasteiger partial charge in [0, 0.05) is 28.9 Å². The summed E-state index contributed by atoms with van der Waals surface area (Å²) < 4.78 is 4.93. The number of carbonyl (C=O) groups is 2. The summed E-state index contributed by atoms with van der Waals surface area (Å²) in [6.07, 6.45) is 0.847. The van der Waals surface area contributed by atoms with Crippen molar-refractivity contribution >= 4 is 23.3 Å². The zero-order chi connectivity index (χ0) is 19.0. The number of hydrogen-bond acceptors (Lipinski definition) is 4. The van der Waals surface area contributed by atoms with Crippen molar-refractivity contribution in [1.82, 2.24) is 5.16 Å². The average Bonchev–Trinajstić information content (AvgIpc) is 3.23. The molecule has 136 valence electrons. The van der Waals surface area contributed by atoms with Crippen molar-refractivity contribution in [2.45, 2.75) is 26.3 Å². The number of amides is 2. The van der Waals surface area contributed by atoms with Crippen LogP contribution in [-0.2, 0) is 6.42 Å². The second kappa shape index (κ2) is 6.72. The Morgan fingerprint density at radius 2 is 1.81 bits per heavy atom. The summed E-state index contributed by atoms with van der Waals surface area (Å²) in [7, 11) is 0. The van der Waals surface area contributed by atoms with E-state index in [0.29, 0.717) is 22.7 Å². The number of nitrogens with one attached hydrogen (secondary N) is 1. The summed E-state index contributed by atoms with van der Waals surface area (Å²) in [5.41, 5.74) is 3.13. The Bertz CT molecular complexity index is 1010. The molecule has 0 spiro atoms. The molecule has 0 bridgehead atoms. The molecule has 2 aromatic carbocycles. The van der Waals surface area contributed by atoms with Crippen molar-refractivity contribution in [2.75, 3.05) is 10.2 Å². The van der Waals surface area contributed by atoms with Crippen molar-refractivity contribution in [3.05, 3.63) is 77.0 Å². The normalized spacial score (nSPS) is 15.5. The minimum absolute atomic E-state index is 0.0634. The molecule has 1 aromatic heterocycles. The molecule has 0 radical (unpaired) electrons. The number of hydrogen-bond donors (Lipinski definition) is 1. The van der Waals surface area contributed by atoms with Crippen LogP contribution in [0.5, 0.6) is 0 Å². The maximum absolute atomic E-state index is 13.0. The highest BCUT2D eigenvalue weighted by atomic mass is 16.5. The van der Waals surface area contributed by atoms with E-state index in [1.54, 1.807) is 37.3 Å². The van der Waals surface area contributed by atoms with Crippen LogP contribution in [0.2, 0.25) is 0 Å². The average molecular weight is 361 g/mol. The van der Waals surface area contributed by atoms with E-state index in [4.69, 9.17) is 4.52 Å². The summed E-state index contributed by atoms with van der Waals surface area (Å²) >= 11 is 0. The molecule has 1 atom stereocenters. The van der Waals surface area contributed by atoms with Crippen molar-refractivity contribution in [2.24, 2.45) is 0 Å². The van der Waals surface area contributed by atoms with E-state index in [1.807, 2.05) is 30.0 Å². The number of carbonyl (C=O) groups excluding carboxylic acids is 2. The highest BCUT2D eigenvalue weighted by Gasteiger charge is 2.31. The highest BCUT2D eigenvalue weighted by molar-refractivity contribution is 6.09. The summed E-state index contributed by atoms with van der Waals surface area (Å²) in [6.45, 7) is 3.79. The number of anilines is 2. The van der Waals surface area contributed by atoms with Crippen LogP contribution >= 0.6 is 0 Å². The van der Waals surface area contributed by atoms with E-state index >= 15 is 0 Å². The van der Waals surface area contributed by atoms with E-state index in [9.17, 15) is 9.59 Å². The summed E-state index contributed by atoms with van der Waals surface area (Å²) in [6, 6.07) is 16.3. The number of aryl methyl sites for hydroxylation is 1. The fraction of sp³-hybridized carbons (Fsp3) is 0.190. The standard InChI is InChI=1S/C21H19N3O3/c1-13-11-17-5-3-4-6-18(17)24(13)21(26)16-9-7-15(8-10-16)20(25)22-19-12-14(2)27-23-19/h3-10,12-13H,11H2,1-2H3,(H,22,23,25). The summed E-state index contributed by atoms with van der Waals surface area (Å²) in [5.74, 6) is 0.611. The predicted molar refractivity (Wildman–Crippen MR) is 102 cm³/mol. The molecular formula is C21H19N3O3. The van der Waals surface area contributed by atoms with Crippen molar-refractivity contribution in [3.63, 3.8) is 0 Å². The van der Waals surface area contributed by atoms with Crippen LogP contribution in [0.25, 0.3) is 0 Å². The largest absolute Gasteiger partial charge is 0.360 e. The van der Waals surface area contributed by atoms with Gasteiger partial charge in [0.25, 0.3) is 11.8 Å². The lowest BCUT2D eigenvalue weighted by molar-refractivity contribution is 0.0978. The Kier molecular flexibility index (Phi) is 4.24. The van der Waals surface area contributed by atoms with Gasteiger partial charge in [0.15, 0.2) is 5.82 Å². The lowest BCUT2D eigenvalue weighted by atomic mass is 10.1. The maximum atomic E-state index is 13.0. The zero-order valence-corrected chi connectivity index (χ0v) is 15.1. The fourth-order valence-electron chi connectivity index (χ4n) is 3.39. The molecule has 0 saturated heterocycles. The van der Waals surface area contributed by atoms with Gasteiger partial charge < -0.3 is 14.7 Å². The second-order valence-electron chi connectivity index (χ2n) is 6.71. The van der Waals surface area contributed by atoms with E-state index in [1.165, 1.54) is 5.56 Å². The zero-order valence-electron chi connectivity index (χ0n) is 15.1. The molecule has 0 aliphatic carbocycles. The SMILES string of the molecule is Cc1cc(NC(=O)c2ccc(C(=O)N3c4ccccc4CC3C)cc2)no1. The highest BCUT2D eigenvalue weighted by Crippen LogP contribution is 2.33. The van der Waals surface area contributed by atoms with Gasteiger partial charge in [0.05, 0.1) is 0 Å². The molecule has 0 saturated carbocycles. The van der Waals surface area contributed by atoms with Gasteiger partial charge in [0.1, 0.15) is 5.76 Å². The van der Waals surface area contributed by atoms with E-state index in [0.717, 1.165) is 12.1 Å². The maximum Gasteiger partial charge on any atom is 0.258 e. The van der Waals surface area contributed by atoms with Gasteiger partial charge in [0.2, 0.25) is 0 Å². The number of aromatic nitrogens is 1. The van der Waals surface area contributed by atoms with Crippen molar-refractivity contribution in [1.29, 1.82) is 0 Å². The lowest BCUT2D eigenvalue weighted by Gasteiger charge is -2.22. The Hall–Kier alpha value is -3.41. The lowest BCUT2D eigenvalue weighted by Crippen LogP contribution is -2.35. The molecule has 6 heteroatoms. The molecule has 1 unspecified atom stereocenters. The Morgan fingerprint density at radius 3 is 2.52 bits per heavy atom. The quantitative estimate of drug-likeness (QED) is 0.769. The number of nitrogens with zero attached hydrogens (tertiary/aromatic N) is 2. The van der Waals surface area contributed by atoms with Crippen LogP contribution < -0.4 is 10.2 Å². The molecule has 1 aliphatic heterocycles. The number of rotatable bonds is 3. The van der Waals surface area contributed by atoms with Gasteiger partial charge in [-0.1, -0.05) is 23.4 Å². The van der Waals surface area contributed by atoms with E-state index in [2.05, 4.69) is 16.5 Å². The Balaban J connectivity index is 1.52. The van der Waals surface area contributed by atoms with Crippen molar-refractivity contribution < 1.29 is 14.1 Å². The third kappa shape index (κ3) is 3.21. The first-order valence-corrected chi connectivity index (χ1v) is 8.79. The number of para-hydroxylation sites is 1. The van der Waals surface area contributed by atoms with Crippen LogP contribution in [0.3, 0.4) is 0 Å². The van der Waals surface area contributed by atoms with Crippen LogP contribution in [-0.4, -0.2) is 23.0 Å². The molecule has 3 aromatic rings. The second-order valence-corrected chi connectivity index (χ2v) is 6.71. The Labute approximate surface area is 156 Å². The molecule has 2 heterocycles. The van der Waals surface area contributed by atoms with Gasteiger partial charge >= 0.3 is 0 Å². The first kappa shape index (κ1) is 17.0. The number of benzene rings is 2. The fourth-order valence-corrected chi connectivity index (χ4v) is 3.39. The van der Waals surface area contributed by atoms with Crippen LogP contribution in [0.1, 0.15) is 39.0 Å². The van der Waals surface area contributed by atoms with Crippen molar-refractivity contribution in [3.8, 4) is 0 Å².